The molecule has 0 bridgehead atoms. The van der Waals surface area contributed by atoms with Crippen LogP contribution in [-0.4, -0.2) is 96.7 Å². The quantitative estimate of drug-likeness (QED) is 0.0169. The number of aliphatic hydroxyl groups excluding tert-OH is 1. The highest BCUT2D eigenvalue weighted by atomic mass is 31.2. The third-order valence-electron chi connectivity index (χ3n) is 17.5. The topological polar surface area (TPSA) is 237 Å². The fourth-order valence-corrected chi connectivity index (χ4v) is 13.0. The van der Waals surface area contributed by atoms with Crippen molar-refractivity contribution in [3.05, 3.63) is 24.3 Å². The molecule has 0 fully saturated rings. The lowest BCUT2D eigenvalue weighted by atomic mass is 10.0. The molecule has 19 heteroatoms. The lowest BCUT2D eigenvalue weighted by molar-refractivity contribution is -0.161. The van der Waals surface area contributed by atoms with Crippen molar-refractivity contribution in [2.24, 2.45) is 0 Å². The summed E-state index contributed by atoms with van der Waals surface area (Å²) < 4.78 is 68.4. The molecule has 0 radical (unpaired) electrons. The van der Waals surface area contributed by atoms with E-state index >= 15 is 0 Å². The van der Waals surface area contributed by atoms with Gasteiger partial charge in [-0.05, 0) is 51.4 Å². The first-order valence-corrected chi connectivity index (χ1v) is 42.6. The number of carbonyl (C=O) groups excluding carboxylic acids is 4. The minimum absolute atomic E-state index is 0.102. The van der Waals surface area contributed by atoms with Crippen LogP contribution in [0.15, 0.2) is 24.3 Å². The van der Waals surface area contributed by atoms with Gasteiger partial charge in [0.25, 0.3) is 0 Å². The number of phosphoric acid groups is 2. The van der Waals surface area contributed by atoms with E-state index in [9.17, 15) is 43.2 Å². The van der Waals surface area contributed by atoms with Crippen LogP contribution in [0.5, 0.6) is 0 Å². The van der Waals surface area contributed by atoms with Crippen molar-refractivity contribution >= 4 is 39.5 Å². The normalized spacial score (nSPS) is 14.0. The van der Waals surface area contributed by atoms with Crippen LogP contribution in [0.1, 0.15) is 387 Å². The largest absolute Gasteiger partial charge is 0.472 e. The minimum atomic E-state index is -4.96. The van der Waals surface area contributed by atoms with E-state index in [2.05, 4.69) is 52.0 Å². The predicted octanol–water partition coefficient (Wildman–Crippen LogP) is 22.6. The monoisotopic (exact) mass is 1410 g/mol. The summed E-state index contributed by atoms with van der Waals surface area (Å²) in [4.78, 5) is 72.7. The van der Waals surface area contributed by atoms with Gasteiger partial charge in [0, 0.05) is 25.7 Å². The molecule has 0 aliphatic carbocycles. The van der Waals surface area contributed by atoms with Crippen LogP contribution in [0.2, 0.25) is 0 Å². The molecule has 0 heterocycles. The molecule has 0 rings (SSSR count). The second-order valence-corrected chi connectivity index (χ2v) is 30.0. The molecule has 5 atom stereocenters. The van der Waals surface area contributed by atoms with E-state index in [1.54, 1.807) is 0 Å². The highest BCUT2D eigenvalue weighted by molar-refractivity contribution is 7.47. The summed E-state index contributed by atoms with van der Waals surface area (Å²) in [7, 11) is -9.92. The number of allylic oxidation sites excluding steroid dienone is 4. The number of phosphoric ester groups is 2. The molecule has 0 spiro atoms. The van der Waals surface area contributed by atoms with Gasteiger partial charge in [-0.1, -0.05) is 335 Å². The van der Waals surface area contributed by atoms with Crippen LogP contribution in [0.3, 0.4) is 0 Å². The molecule has 0 amide bonds. The Morgan fingerprint density at radius 3 is 0.760 bits per heavy atom. The maximum Gasteiger partial charge on any atom is 0.472 e. The maximum atomic E-state index is 13.1. The van der Waals surface area contributed by atoms with Crippen LogP contribution >= 0.6 is 15.6 Å². The molecule has 0 aliphatic heterocycles. The minimum Gasteiger partial charge on any atom is -0.462 e. The van der Waals surface area contributed by atoms with Crippen LogP contribution < -0.4 is 0 Å². The third-order valence-corrected chi connectivity index (χ3v) is 19.4. The lowest BCUT2D eigenvalue weighted by Gasteiger charge is -2.21. The number of hydrogen-bond donors (Lipinski definition) is 3. The van der Waals surface area contributed by atoms with Gasteiger partial charge in [-0.25, -0.2) is 9.13 Å². The van der Waals surface area contributed by atoms with Gasteiger partial charge in [-0.3, -0.25) is 37.3 Å². The van der Waals surface area contributed by atoms with Gasteiger partial charge in [0.2, 0.25) is 0 Å². The van der Waals surface area contributed by atoms with Gasteiger partial charge in [0.15, 0.2) is 12.2 Å². The van der Waals surface area contributed by atoms with E-state index in [1.165, 1.54) is 186 Å². The number of ether oxygens (including phenoxy) is 4. The molecular formula is C77H146O17P2. The summed E-state index contributed by atoms with van der Waals surface area (Å²) >= 11 is 0. The molecule has 0 saturated carbocycles. The van der Waals surface area contributed by atoms with E-state index in [0.29, 0.717) is 25.7 Å². The number of carbonyl (C=O) groups is 4. The molecule has 0 aliphatic rings. The van der Waals surface area contributed by atoms with Gasteiger partial charge in [0.1, 0.15) is 19.3 Å². The zero-order valence-electron chi connectivity index (χ0n) is 61.8. The van der Waals surface area contributed by atoms with Crippen LogP contribution in [0.25, 0.3) is 0 Å². The molecule has 3 N–H and O–H groups in total. The van der Waals surface area contributed by atoms with E-state index in [1.807, 2.05) is 0 Å². The molecule has 0 aromatic rings. The molecule has 0 aromatic heterocycles. The van der Waals surface area contributed by atoms with Crippen LogP contribution in [-0.2, 0) is 65.4 Å². The average Bonchev–Trinajstić information content (AvgIpc) is 1.14. The Labute approximate surface area is 586 Å². The van der Waals surface area contributed by atoms with Crippen molar-refractivity contribution in [3.8, 4) is 0 Å². The molecule has 0 saturated heterocycles. The average molecular weight is 1410 g/mol. The second-order valence-electron chi connectivity index (χ2n) is 27.1. The zero-order chi connectivity index (χ0) is 70.4. The van der Waals surface area contributed by atoms with Crippen LogP contribution in [0.4, 0.5) is 0 Å². The van der Waals surface area contributed by atoms with E-state index in [0.717, 1.165) is 122 Å². The second kappa shape index (κ2) is 71.0. The third kappa shape index (κ3) is 70.0. The van der Waals surface area contributed by atoms with Gasteiger partial charge in [-0.15, -0.1) is 0 Å². The summed E-state index contributed by atoms with van der Waals surface area (Å²) in [6.07, 6.45) is 64.8. The summed E-state index contributed by atoms with van der Waals surface area (Å²) in [6, 6.07) is 0. The summed E-state index contributed by atoms with van der Waals surface area (Å²) in [5, 5.41) is 10.6. The van der Waals surface area contributed by atoms with Crippen molar-refractivity contribution in [1.82, 2.24) is 0 Å². The molecule has 0 aromatic carbocycles. The Morgan fingerprint density at radius 2 is 0.500 bits per heavy atom. The molecule has 566 valence electrons. The predicted molar refractivity (Wildman–Crippen MR) is 391 cm³/mol. The Morgan fingerprint density at radius 1 is 0.292 bits per heavy atom. The first-order valence-electron chi connectivity index (χ1n) is 39.6. The molecular weight excluding hydrogens is 1260 g/mol. The smallest absolute Gasteiger partial charge is 0.462 e. The van der Waals surface area contributed by atoms with E-state index < -0.39 is 97.5 Å². The first-order chi connectivity index (χ1) is 46.7. The van der Waals surface area contributed by atoms with E-state index in [4.69, 9.17) is 37.0 Å². The highest BCUT2D eigenvalue weighted by Crippen LogP contribution is 2.45. The maximum absolute atomic E-state index is 13.1. The van der Waals surface area contributed by atoms with Crippen molar-refractivity contribution in [2.45, 2.75) is 406 Å². The summed E-state index contributed by atoms with van der Waals surface area (Å²) in [5.74, 6) is -2.15. The molecule has 2 unspecified atom stereocenters. The van der Waals surface area contributed by atoms with Crippen molar-refractivity contribution < 1.29 is 80.2 Å². The van der Waals surface area contributed by atoms with Crippen LogP contribution in [0, 0.1) is 0 Å². The fraction of sp³-hybridized carbons (Fsp3) is 0.896. The lowest BCUT2D eigenvalue weighted by Crippen LogP contribution is -2.30. The Balaban J connectivity index is 5.21. The molecule has 96 heavy (non-hydrogen) atoms. The summed E-state index contributed by atoms with van der Waals surface area (Å²) in [5.41, 5.74) is 0. The van der Waals surface area contributed by atoms with E-state index in [-0.39, 0.29) is 25.7 Å². The summed E-state index contributed by atoms with van der Waals surface area (Å²) in [6.45, 7) is 4.89. The zero-order valence-corrected chi connectivity index (χ0v) is 63.6. The number of hydrogen-bond acceptors (Lipinski definition) is 15. The van der Waals surface area contributed by atoms with Crippen molar-refractivity contribution in [1.29, 1.82) is 0 Å². The SMILES string of the molecule is CCCCCC/C=C\C=C/CCCCCCCC(=O)OC[C@H](COP(=O)(O)OC[C@@H](O)COP(=O)(O)OC[C@@H](COC(=O)CCCCCCCCC)OC(=O)CCCCCCCCCCCCCCCC)OC(=O)CCCCCCCCCCCCCCCCCCCCCC. The number of esters is 4. The van der Waals surface area contributed by atoms with Gasteiger partial charge in [0.05, 0.1) is 26.4 Å². The molecule has 17 nitrogen and oxygen atoms in total. The first kappa shape index (κ1) is 93.5. The van der Waals surface area contributed by atoms with Crippen molar-refractivity contribution in [2.75, 3.05) is 39.6 Å². The standard InChI is InChI=1S/C77H146O17P2/c1-5-9-13-17-21-24-27-30-33-34-35-36-37-39-42-45-48-52-56-60-64-77(82)94-73(68-88-75(80)62-58-54-50-46-43-41-38-31-28-25-22-18-14-10-6-2)70-92-96(85,86)90-66-71(78)65-89-95(83,84)91-69-72(67-87-74(79)61-57-53-49-20-16-12-8-4)93-76(81)63-59-55-51-47-44-40-32-29-26-23-19-15-11-7-3/h25,28,31,38,71-73,78H,5-24,26-27,29-30,32-37,39-70H2,1-4H3,(H,83,84)(H,85,86)/b28-25-,38-31-/t71-,72+,73+/m0/s1. The Hall–Kier alpha value is -2.46. The van der Waals surface area contributed by atoms with Crippen molar-refractivity contribution in [3.63, 3.8) is 0 Å². The van der Waals surface area contributed by atoms with Gasteiger partial charge >= 0.3 is 39.5 Å². The Kier molecular flexibility index (Phi) is 69.1. The van der Waals surface area contributed by atoms with Gasteiger partial charge < -0.3 is 33.8 Å². The Bertz CT molecular complexity index is 1920. The van der Waals surface area contributed by atoms with Gasteiger partial charge in [-0.2, -0.15) is 0 Å². The number of rotatable bonds is 76. The fourth-order valence-electron chi connectivity index (χ4n) is 11.4. The number of aliphatic hydroxyl groups is 1. The highest BCUT2D eigenvalue weighted by Gasteiger charge is 2.30. The number of unbranched alkanes of at least 4 members (excludes halogenated alkanes) is 47.